The molecule has 2 aromatic rings. The number of nitrogens with zero attached hydrogens (tertiary/aromatic N) is 2. The van der Waals surface area contributed by atoms with Crippen molar-refractivity contribution < 1.29 is 19.1 Å². The number of carbonyl (C=O) groups excluding carboxylic acids is 3. The summed E-state index contributed by atoms with van der Waals surface area (Å²) in [6.45, 7) is 4.03. The van der Waals surface area contributed by atoms with Gasteiger partial charge in [-0.3, -0.25) is 19.3 Å². The first-order valence-corrected chi connectivity index (χ1v) is 10.7. The van der Waals surface area contributed by atoms with Crippen molar-refractivity contribution in [1.82, 2.24) is 15.1 Å². The lowest BCUT2D eigenvalue weighted by Gasteiger charge is -2.14. The lowest BCUT2D eigenvalue weighted by Crippen LogP contribution is -2.29. The summed E-state index contributed by atoms with van der Waals surface area (Å²) in [7, 11) is 1.58. The second kappa shape index (κ2) is 9.31. The summed E-state index contributed by atoms with van der Waals surface area (Å²) in [6.07, 6.45) is 3.40. The number of amides is 3. The number of imide groups is 1. The molecule has 2 heterocycles. The van der Waals surface area contributed by atoms with Crippen LogP contribution in [0.5, 0.6) is 5.75 Å². The number of benzene rings is 2. The van der Waals surface area contributed by atoms with Crippen molar-refractivity contribution in [2.75, 3.05) is 33.3 Å². The number of nitrogens with one attached hydrogen (secondary N) is 1. The summed E-state index contributed by atoms with van der Waals surface area (Å²) in [5.74, 6) is -0.229. The molecule has 1 saturated heterocycles. The molecule has 7 heteroatoms. The quantitative estimate of drug-likeness (QED) is 0.524. The monoisotopic (exact) mass is 421 g/mol. The summed E-state index contributed by atoms with van der Waals surface area (Å²) in [4.78, 5) is 41.7. The van der Waals surface area contributed by atoms with Crippen molar-refractivity contribution in [2.24, 2.45) is 0 Å². The molecule has 2 aliphatic rings. The molecule has 7 nitrogen and oxygen atoms in total. The topological polar surface area (TPSA) is 79.0 Å². The number of fused-ring (bicyclic) bond motifs is 1. The highest BCUT2D eigenvalue weighted by Gasteiger charge is 2.36. The molecule has 0 spiro atoms. The summed E-state index contributed by atoms with van der Waals surface area (Å²) in [6, 6.07) is 11.9. The van der Waals surface area contributed by atoms with Crippen LogP contribution in [0.15, 0.2) is 42.5 Å². The van der Waals surface area contributed by atoms with Crippen molar-refractivity contribution in [1.29, 1.82) is 0 Å². The summed E-state index contributed by atoms with van der Waals surface area (Å²) < 4.78 is 5.14. The van der Waals surface area contributed by atoms with E-state index in [9.17, 15) is 14.4 Å². The van der Waals surface area contributed by atoms with E-state index in [0.717, 1.165) is 31.6 Å². The number of rotatable bonds is 8. The molecule has 31 heavy (non-hydrogen) atoms. The van der Waals surface area contributed by atoms with E-state index in [0.29, 0.717) is 23.4 Å². The van der Waals surface area contributed by atoms with Crippen LogP contribution in [0.4, 0.5) is 0 Å². The van der Waals surface area contributed by atoms with Gasteiger partial charge in [0.25, 0.3) is 17.7 Å². The van der Waals surface area contributed by atoms with Crippen LogP contribution in [0.2, 0.25) is 0 Å². The van der Waals surface area contributed by atoms with Gasteiger partial charge in [0.15, 0.2) is 0 Å². The first-order chi connectivity index (χ1) is 15.1. The number of hydrogen-bond donors (Lipinski definition) is 1. The average molecular weight is 421 g/mol. The van der Waals surface area contributed by atoms with Crippen molar-refractivity contribution >= 4 is 17.7 Å². The Kier molecular flexibility index (Phi) is 6.32. The standard InChI is InChI=1S/C24H27N3O4/c1-31-19-8-5-17(6-9-19)16-27-23(29)20-10-7-18(15-21(20)24(27)30)22(28)25-11-4-14-26-12-2-3-13-26/h5-10,15H,2-4,11-14,16H2,1H3,(H,25,28). The highest BCUT2D eigenvalue weighted by Crippen LogP contribution is 2.26. The first kappa shape index (κ1) is 21.1. The minimum Gasteiger partial charge on any atom is -0.497 e. The van der Waals surface area contributed by atoms with Gasteiger partial charge in [-0.1, -0.05) is 12.1 Å². The molecular formula is C24H27N3O4. The number of hydrogen-bond acceptors (Lipinski definition) is 5. The van der Waals surface area contributed by atoms with Gasteiger partial charge >= 0.3 is 0 Å². The fourth-order valence-electron chi connectivity index (χ4n) is 4.10. The van der Waals surface area contributed by atoms with E-state index in [1.807, 2.05) is 12.1 Å². The van der Waals surface area contributed by atoms with Gasteiger partial charge in [-0.15, -0.1) is 0 Å². The summed E-state index contributed by atoms with van der Waals surface area (Å²) >= 11 is 0. The molecule has 0 saturated carbocycles. The Morgan fingerprint density at radius 1 is 1.00 bits per heavy atom. The van der Waals surface area contributed by atoms with E-state index in [2.05, 4.69) is 10.2 Å². The maximum atomic E-state index is 12.9. The van der Waals surface area contributed by atoms with Gasteiger partial charge in [0.2, 0.25) is 0 Å². The fraction of sp³-hybridized carbons (Fsp3) is 0.375. The van der Waals surface area contributed by atoms with E-state index < -0.39 is 0 Å². The largest absolute Gasteiger partial charge is 0.497 e. The van der Waals surface area contributed by atoms with E-state index in [-0.39, 0.29) is 29.8 Å². The molecule has 0 aromatic heterocycles. The zero-order chi connectivity index (χ0) is 21.8. The van der Waals surface area contributed by atoms with E-state index in [1.165, 1.54) is 23.8 Å². The normalized spacial score (nSPS) is 16.0. The first-order valence-electron chi connectivity index (χ1n) is 10.7. The molecule has 162 valence electrons. The third kappa shape index (κ3) is 4.61. The van der Waals surface area contributed by atoms with Gasteiger partial charge in [-0.05, 0) is 74.8 Å². The van der Waals surface area contributed by atoms with Gasteiger partial charge in [-0.2, -0.15) is 0 Å². The van der Waals surface area contributed by atoms with Crippen LogP contribution in [-0.2, 0) is 6.54 Å². The Hall–Kier alpha value is -3.19. The highest BCUT2D eigenvalue weighted by atomic mass is 16.5. The van der Waals surface area contributed by atoms with Crippen LogP contribution in [0, 0.1) is 0 Å². The zero-order valence-corrected chi connectivity index (χ0v) is 17.7. The van der Waals surface area contributed by atoms with Crippen molar-refractivity contribution in [3.8, 4) is 5.75 Å². The molecular weight excluding hydrogens is 394 g/mol. The van der Waals surface area contributed by atoms with Crippen molar-refractivity contribution in [3.63, 3.8) is 0 Å². The second-order valence-corrected chi connectivity index (χ2v) is 7.96. The zero-order valence-electron chi connectivity index (χ0n) is 17.7. The fourth-order valence-corrected chi connectivity index (χ4v) is 4.10. The number of methoxy groups -OCH3 is 1. The Morgan fingerprint density at radius 3 is 2.42 bits per heavy atom. The summed E-state index contributed by atoms with van der Waals surface area (Å²) in [5.41, 5.74) is 1.84. The molecule has 0 radical (unpaired) electrons. The molecule has 0 unspecified atom stereocenters. The Balaban J connectivity index is 1.37. The predicted octanol–water partition coefficient (Wildman–Crippen LogP) is 2.71. The number of likely N-dealkylation sites (tertiary alicyclic amines) is 1. The highest BCUT2D eigenvalue weighted by molar-refractivity contribution is 6.22. The molecule has 3 amide bonds. The lowest BCUT2D eigenvalue weighted by molar-refractivity contribution is 0.0642. The van der Waals surface area contributed by atoms with Crippen LogP contribution >= 0.6 is 0 Å². The van der Waals surface area contributed by atoms with Gasteiger partial charge < -0.3 is 15.0 Å². The molecule has 4 rings (SSSR count). The molecule has 0 atom stereocenters. The van der Waals surface area contributed by atoms with Crippen molar-refractivity contribution in [3.05, 3.63) is 64.7 Å². The van der Waals surface area contributed by atoms with Crippen molar-refractivity contribution in [2.45, 2.75) is 25.8 Å². The van der Waals surface area contributed by atoms with Gasteiger partial charge in [0.05, 0.1) is 24.8 Å². The second-order valence-electron chi connectivity index (χ2n) is 7.96. The van der Waals surface area contributed by atoms with Crippen LogP contribution in [-0.4, -0.2) is 60.8 Å². The van der Waals surface area contributed by atoms with E-state index >= 15 is 0 Å². The smallest absolute Gasteiger partial charge is 0.261 e. The minimum atomic E-state index is -0.375. The molecule has 0 bridgehead atoms. The van der Waals surface area contributed by atoms with E-state index in [1.54, 1.807) is 31.4 Å². The molecule has 1 fully saturated rings. The lowest BCUT2D eigenvalue weighted by atomic mass is 10.1. The van der Waals surface area contributed by atoms with Gasteiger partial charge in [0.1, 0.15) is 5.75 Å². The van der Waals surface area contributed by atoms with Crippen LogP contribution in [0.25, 0.3) is 0 Å². The number of ether oxygens (including phenoxy) is 1. The molecule has 1 N–H and O–H groups in total. The van der Waals surface area contributed by atoms with Crippen LogP contribution in [0.3, 0.4) is 0 Å². The SMILES string of the molecule is COc1ccc(CN2C(=O)c3ccc(C(=O)NCCCN4CCCC4)cc3C2=O)cc1. The Bertz CT molecular complexity index is 981. The maximum Gasteiger partial charge on any atom is 0.261 e. The molecule has 2 aliphatic heterocycles. The van der Waals surface area contributed by atoms with Gasteiger partial charge in [0, 0.05) is 12.1 Å². The predicted molar refractivity (Wildman–Crippen MR) is 116 cm³/mol. The summed E-state index contributed by atoms with van der Waals surface area (Å²) in [5, 5.41) is 2.91. The average Bonchev–Trinajstić information content (AvgIpc) is 3.40. The van der Waals surface area contributed by atoms with Crippen LogP contribution < -0.4 is 10.1 Å². The Morgan fingerprint density at radius 2 is 1.71 bits per heavy atom. The molecule has 2 aromatic carbocycles. The number of carbonyl (C=O) groups is 3. The van der Waals surface area contributed by atoms with Gasteiger partial charge in [-0.25, -0.2) is 0 Å². The third-order valence-electron chi connectivity index (χ3n) is 5.87. The maximum absolute atomic E-state index is 12.9. The minimum absolute atomic E-state index is 0.175. The Labute approximate surface area is 182 Å². The third-order valence-corrected chi connectivity index (χ3v) is 5.87. The molecule has 0 aliphatic carbocycles. The van der Waals surface area contributed by atoms with Crippen LogP contribution in [0.1, 0.15) is 55.9 Å². The van der Waals surface area contributed by atoms with E-state index in [4.69, 9.17) is 4.74 Å².